The molecule has 1 heterocycles. The van der Waals surface area contributed by atoms with E-state index >= 15 is 0 Å². The number of hydrogen-bond acceptors (Lipinski definition) is 6. The van der Waals surface area contributed by atoms with Crippen LogP contribution in [-0.4, -0.2) is 30.6 Å². The summed E-state index contributed by atoms with van der Waals surface area (Å²) < 4.78 is 28.3. The van der Waals surface area contributed by atoms with Crippen molar-refractivity contribution in [1.29, 1.82) is 0 Å². The van der Waals surface area contributed by atoms with Gasteiger partial charge in [-0.05, 0) is 69.7 Å². The summed E-state index contributed by atoms with van der Waals surface area (Å²) in [6.45, 7) is 8.83. The quantitative estimate of drug-likeness (QED) is 0.765. The number of sulfonamides is 1. The number of rotatable bonds is 6. The van der Waals surface area contributed by atoms with Crippen LogP contribution in [0.5, 0.6) is 0 Å². The molecule has 9 heteroatoms. The third-order valence-electron chi connectivity index (χ3n) is 4.89. The lowest BCUT2D eigenvalue weighted by Gasteiger charge is -2.18. The van der Waals surface area contributed by atoms with E-state index in [0.717, 1.165) is 29.0 Å². The molecule has 0 bridgehead atoms. The van der Waals surface area contributed by atoms with Crippen LogP contribution in [0.1, 0.15) is 52.9 Å². The van der Waals surface area contributed by atoms with Crippen molar-refractivity contribution in [3.8, 4) is 0 Å². The van der Waals surface area contributed by atoms with Crippen LogP contribution in [0.25, 0.3) is 0 Å². The molecular weight excluding hydrogens is 384 g/mol. The lowest BCUT2D eigenvalue weighted by molar-refractivity contribution is -0.117. The van der Waals surface area contributed by atoms with Gasteiger partial charge in [0.1, 0.15) is 5.01 Å². The van der Waals surface area contributed by atoms with Crippen molar-refractivity contribution in [3.05, 3.63) is 33.3 Å². The SMILES string of the molecule is Cc1cc(C)c(C)c(S(=O)(=O)N[C@@H](C)C(=O)Nc2nnc(C3CC3)s2)c1C. The van der Waals surface area contributed by atoms with E-state index in [9.17, 15) is 13.2 Å². The van der Waals surface area contributed by atoms with Gasteiger partial charge in [0.15, 0.2) is 0 Å². The zero-order valence-electron chi connectivity index (χ0n) is 16.1. The second kappa shape index (κ2) is 7.29. The molecule has 0 saturated heterocycles. The molecule has 0 aliphatic heterocycles. The first-order chi connectivity index (χ1) is 12.6. The Balaban J connectivity index is 1.75. The monoisotopic (exact) mass is 408 g/mol. The summed E-state index contributed by atoms with van der Waals surface area (Å²) in [7, 11) is -3.84. The summed E-state index contributed by atoms with van der Waals surface area (Å²) in [5.41, 5.74) is 3.18. The molecule has 0 spiro atoms. The van der Waals surface area contributed by atoms with Gasteiger partial charge in [-0.1, -0.05) is 17.4 Å². The Morgan fingerprint density at radius 3 is 2.30 bits per heavy atom. The first-order valence-electron chi connectivity index (χ1n) is 8.84. The van der Waals surface area contributed by atoms with Gasteiger partial charge in [-0.2, -0.15) is 4.72 Å². The molecule has 0 unspecified atom stereocenters. The number of carbonyl (C=O) groups is 1. The molecule has 7 nitrogen and oxygen atoms in total. The maximum absolute atomic E-state index is 12.9. The highest BCUT2D eigenvalue weighted by Gasteiger charge is 2.29. The molecule has 1 aliphatic rings. The fourth-order valence-corrected chi connectivity index (χ4v) is 5.66. The minimum Gasteiger partial charge on any atom is -0.299 e. The Morgan fingerprint density at radius 2 is 1.74 bits per heavy atom. The first kappa shape index (κ1) is 19.9. The summed E-state index contributed by atoms with van der Waals surface area (Å²) >= 11 is 1.34. The average molecular weight is 409 g/mol. The van der Waals surface area contributed by atoms with Crippen LogP contribution in [0, 0.1) is 27.7 Å². The molecule has 1 atom stereocenters. The Labute approximate surface area is 163 Å². The van der Waals surface area contributed by atoms with Gasteiger partial charge in [0.2, 0.25) is 21.1 Å². The van der Waals surface area contributed by atoms with Crippen LogP contribution in [0.15, 0.2) is 11.0 Å². The molecule has 0 radical (unpaired) electrons. The summed E-state index contributed by atoms with van der Waals surface area (Å²) in [5, 5.41) is 12.0. The third-order valence-corrected chi connectivity index (χ3v) is 7.70. The Morgan fingerprint density at radius 1 is 1.15 bits per heavy atom. The summed E-state index contributed by atoms with van der Waals surface area (Å²) in [6, 6.07) is 1.02. The minimum absolute atomic E-state index is 0.242. The fraction of sp³-hybridized carbons (Fsp3) is 0.500. The van der Waals surface area contributed by atoms with Gasteiger partial charge in [-0.3, -0.25) is 10.1 Å². The highest BCUT2D eigenvalue weighted by atomic mass is 32.2. The van der Waals surface area contributed by atoms with Gasteiger partial charge in [0.05, 0.1) is 10.9 Å². The Hall–Kier alpha value is -1.84. The minimum atomic E-state index is -3.84. The highest BCUT2D eigenvalue weighted by molar-refractivity contribution is 7.89. The van der Waals surface area contributed by atoms with Crippen LogP contribution in [0.2, 0.25) is 0 Å². The largest absolute Gasteiger partial charge is 0.299 e. The average Bonchev–Trinajstić information content (AvgIpc) is 3.32. The molecule has 1 aromatic carbocycles. The van der Waals surface area contributed by atoms with Gasteiger partial charge >= 0.3 is 0 Å². The zero-order valence-corrected chi connectivity index (χ0v) is 17.7. The molecule has 146 valence electrons. The summed E-state index contributed by atoms with van der Waals surface area (Å²) in [6.07, 6.45) is 2.21. The predicted octanol–water partition coefficient (Wildman–Crippen LogP) is 2.95. The predicted molar refractivity (Wildman–Crippen MR) is 106 cm³/mol. The number of aryl methyl sites for hydroxylation is 2. The standard InChI is InChI=1S/C18H24N4O3S2/c1-9-8-10(2)12(4)15(11(9)3)27(24,25)22-13(5)16(23)19-18-21-20-17(26-18)14-6-7-14/h8,13-14,22H,6-7H2,1-5H3,(H,19,21,23)/t13-/m0/s1. The van der Waals surface area contributed by atoms with Gasteiger partial charge in [0.25, 0.3) is 0 Å². The molecule has 1 aliphatic carbocycles. The summed E-state index contributed by atoms with van der Waals surface area (Å²) in [5.74, 6) is -0.00339. The van der Waals surface area contributed by atoms with Crippen LogP contribution in [0.3, 0.4) is 0 Å². The van der Waals surface area contributed by atoms with Crippen LogP contribution in [-0.2, 0) is 14.8 Å². The third kappa shape index (κ3) is 4.20. The topological polar surface area (TPSA) is 101 Å². The zero-order chi connectivity index (χ0) is 19.9. The van der Waals surface area contributed by atoms with E-state index < -0.39 is 22.0 Å². The smallest absolute Gasteiger partial charge is 0.244 e. The van der Waals surface area contributed by atoms with Crippen molar-refractivity contribution >= 4 is 32.4 Å². The van der Waals surface area contributed by atoms with Crippen molar-refractivity contribution in [1.82, 2.24) is 14.9 Å². The maximum Gasteiger partial charge on any atom is 0.244 e. The van der Waals surface area contributed by atoms with Crippen molar-refractivity contribution in [2.45, 2.75) is 64.3 Å². The van der Waals surface area contributed by atoms with Gasteiger partial charge < -0.3 is 0 Å². The van der Waals surface area contributed by atoms with Gasteiger partial charge in [-0.15, -0.1) is 10.2 Å². The molecule has 1 saturated carbocycles. The van der Waals surface area contributed by atoms with Crippen molar-refractivity contribution in [2.24, 2.45) is 0 Å². The number of amides is 1. The van der Waals surface area contributed by atoms with Crippen molar-refractivity contribution in [3.63, 3.8) is 0 Å². The second-order valence-corrected chi connectivity index (χ2v) is 9.80. The molecule has 1 fully saturated rings. The van der Waals surface area contributed by atoms with E-state index in [1.54, 1.807) is 13.8 Å². The Bertz CT molecular complexity index is 968. The molecule has 27 heavy (non-hydrogen) atoms. The van der Waals surface area contributed by atoms with Crippen LogP contribution in [0.4, 0.5) is 5.13 Å². The molecule has 3 rings (SSSR count). The first-order valence-corrected chi connectivity index (χ1v) is 11.1. The maximum atomic E-state index is 12.9. The van der Waals surface area contributed by atoms with E-state index in [2.05, 4.69) is 20.2 Å². The lowest BCUT2D eigenvalue weighted by Crippen LogP contribution is -2.42. The lowest BCUT2D eigenvalue weighted by atomic mass is 10.0. The Kier molecular flexibility index (Phi) is 5.38. The number of aromatic nitrogens is 2. The molecule has 1 aromatic heterocycles. The van der Waals surface area contributed by atoms with E-state index in [0.29, 0.717) is 22.2 Å². The van der Waals surface area contributed by atoms with E-state index in [4.69, 9.17) is 0 Å². The normalized spacial score (nSPS) is 15.6. The number of benzene rings is 1. The molecule has 1 amide bonds. The summed E-state index contributed by atoms with van der Waals surface area (Å²) in [4.78, 5) is 12.7. The number of hydrogen-bond donors (Lipinski definition) is 2. The van der Waals surface area contributed by atoms with E-state index in [-0.39, 0.29) is 4.90 Å². The van der Waals surface area contributed by atoms with Crippen LogP contribution >= 0.6 is 11.3 Å². The number of carbonyl (C=O) groups excluding carboxylic acids is 1. The number of anilines is 1. The number of nitrogens with zero attached hydrogens (tertiary/aromatic N) is 2. The van der Waals surface area contributed by atoms with E-state index in [1.165, 1.54) is 18.3 Å². The molecule has 2 aromatic rings. The van der Waals surface area contributed by atoms with Crippen LogP contribution < -0.4 is 10.0 Å². The van der Waals surface area contributed by atoms with Gasteiger partial charge in [0, 0.05) is 5.92 Å². The van der Waals surface area contributed by atoms with Crippen molar-refractivity contribution in [2.75, 3.05) is 5.32 Å². The fourth-order valence-electron chi connectivity index (χ4n) is 2.92. The highest BCUT2D eigenvalue weighted by Crippen LogP contribution is 2.42. The second-order valence-electron chi connectivity index (χ2n) is 7.14. The van der Waals surface area contributed by atoms with Crippen molar-refractivity contribution < 1.29 is 13.2 Å². The molecule has 2 N–H and O–H groups in total. The molecular formula is C18H24N4O3S2. The van der Waals surface area contributed by atoms with Gasteiger partial charge in [-0.25, -0.2) is 8.42 Å². The number of nitrogens with one attached hydrogen (secondary N) is 2. The van der Waals surface area contributed by atoms with E-state index in [1.807, 2.05) is 19.9 Å².